The Labute approximate surface area is 120 Å². The molecule has 0 fully saturated rings. The molecule has 21 heavy (non-hydrogen) atoms. The van der Waals surface area contributed by atoms with Crippen molar-refractivity contribution < 1.29 is 23.8 Å². The summed E-state index contributed by atoms with van der Waals surface area (Å²) in [6.45, 7) is 1.54. The Morgan fingerprint density at radius 2 is 2.29 bits per heavy atom. The van der Waals surface area contributed by atoms with Gasteiger partial charge >= 0.3 is 5.97 Å². The standard InChI is InChI=1S/C14H14N2O5/c1-9(12-3-2-4-20-12)16-13(17)8-21-11-5-10(14(18)19)6-15-7-11/h2-7,9H,8H2,1H3,(H,16,17)(H,18,19). The van der Waals surface area contributed by atoms with E-state index in [4.69, 9.17) is 14.3 Å². The maximum atomic E-state index is 11.7. The van der Waals surface area contributed by atoms with Crippen molar-refractivity contribution in [2.24, 2.45) is 0 Å². The van der Waals surface area contributed by atoms with Crippen molar-refractivity contribution in [3.05, 3.63) is 48.2 Å². The van der Waals surface area contributed by atoms with E-state index in [1.54, 1.807) is 19.1 Å². The Balaban J connectivity index is 1.86. The van der Waals surface area contributed by atoms with E-state index in [0.29, 0.717) is 5.76 Å². The molecule has 0 radical (unpaired) electrons. The molecule has 0 aliphatic carbocycles. The number of carbonyl (C=O) groups excluding carboxylic acids is 1. The number of pyridine rings is 1. The van der Waals surface area contributed by atoms with Gasteiger partial charge in [-0.05, 0) is 25.1 Å². The molecule has 2 aromatic rings. The summed E-state index contributed by atoms with van der Waals surface area (Å²) in [5, 5.41) is 11.5. The van der Waals surface area contributed by atoms with Crippen LogP contribution in [0.1, 0.15) is 29.1 Å². The van der Waals surface area contributed by atoms with Gasteiger partial charge in [0.2, 0.25) is 0 Å². The highest BCUT2D eigenvalue weighted by Gasteiger charge is 2.12. The predicted octanol–water partition coefficient (Wildman–Crippen LogP) is 1.63. The highest BCUT2D eigenvalue weighted by Crippen LogP contribution is 2.13. The van der Waals surface area contributed by atoms with Crippen molar-refractivity contribution in [1.82, 2.24) is 10.3 Å². The van der Waals surface area contributed by atoms with Gasteiger partial charge in [-0.3, -0.25) is 9.78 Å². The van der Waals surface area contributed by atoms with Crippen molar-refractivity contribution >= 4 is 11.9 Å². The summed E-state index contributed by atoms with van der Waals surface area (Å²) in [5.74, 6) is -0.600. The minimum atomic E-state index is -1.11. The first-order chi connectivity index (χ1) is 10.1. The molecule has 0 aliphatic heterocycles. The molecular weight excluding hydrogens is 276 g/mol. The second kappa shape index (κ2) is 6.56. The molecule has 0 spiro atoms. The quantitative estimate of drug-likeness (QED) is 0.838. The van der Waals surface area contributed by atoms with Gasteiger partial charge in [-0.15, -0.1) is 0 Å². The van der Waals surface area contributed by atoms with Crippen LogP contribution in [0, 0.1) is 0 Å². The molecule has 2 aromatic heterocycles. The first-order valence-electron chi connectivity index (χ1n) is 6.20. The summed E-state index contributed by atoms with van der Waals surface area (Å²) < 4.78 is 10.4. The zero-order chi connectivity index (χ0) is 15.2. The van der Waals surface area contributed by atoms with Gasteiger partial charge in [0, 0.05) is 6.20 Å². The first-order valence-corrected chi connectivity index (χ1v) is 6.20. The molecule has 0 saturated carbocycles. The number of amides is 1. The summed E-state index contributed by atoms with van der Waals surface area (Å²) in [5.41, 5.74) is -0.00291. The summed E-state index contributed by atoms with van der Waals surface area (Å²) in [6, 6.07) is 4.52. The number of carboxylic acid groups (broad SMARTS) is 1. The Morgan fingerprint density at radius 1 is 1.48 bits per heavy atom. The van der Waals surface area contributed by atoms with E-state index in [0.717, 1.165) is 0 Å². The third kappa shape index (κ3) is 4.07. The molecule has 0 bridgehead atoms. The minimum Gasteiger partial charge on any atom is -0.482 e. The van der Waals surface area contributed by atoms with Gasteiger partial charge in [-0.1, -0.05) is 0 Å². The molecule has 0 aromatic carbocycles. The second-order valence-electron chi connectivity index (χ2n) is 4.31. The fourth-order valence-electron chi connectivity index (χ4n) is 1.66. The van der Waals surface area contributed by atoms with E-state index < -0.39 is 5.97 Å². The van der Waals surface area contributed by atoms with E-state index in [2.05, 4.69) is 10.3 Å². The average molecular weight is 290 g/mol. The van der Waals surface area contributed by atoms with Crippen LogP contribution in [0.25, 0.3) is 0 Å². The topological polar surface area (TPSA) is 102 Å². The number of nitrogens with zero attached hydrogens (tertiary/aromatic N) is 1. The Hall–Kier alpha value is -2.83. The summed E-state index contributed by atoms with van der Waals surface area (Å²) in [6.07, 6.45) is 4.07. The zero-order valence-electron chi connectivity index (χ0n) is 11.3. The highest BCUT2D eigenvalue weighted by atomic mass is 16.5. The number of furan rings is 1. The second-order valence-corrected chi connectivity index (χ2v) is 4.31. The van der Waals surface area contributed by atoms with Gasteiger partial charge in [0.1, 0.15) is 11.5 Å². The first kappa shape index (κ1) is 14.6. The lowest BCUT2D eigenvalue weighted by Crippen LogP contribution is -2.31. The lowest BCUT2D eigenvalue weighted by molar-refractivity contribution is -0.123. The SMILES string of the molecule is CC(NC(=O)COc1cncc(C(=O)O)c1)c1ccco1. The fraction of sp³-hybridized carbons (Fsp3) is 0.214. The Kier molecular flexibility index (Phi) is 4.55. The van der Waals surface area contributed by atoms with Crippen LogP contribution in [0.5, 0.6) is 5.75 Å². The molecule has 1 amide bonds. The average Bonchev–Trinajstić information content (AvgIpc) is 2.99. The fourth-order valence-corrected chi connectivity index (χ4v) is 1.66. The Morgan fingerprint density at radius 3 is 2.95 bits per heavy atom. The van der Waals surface area contributed by atoms with Crippen LogP contribution in [0.15, 0.2) is 41.3 Å². The monoisotopic (exact) mass is 290 g/mol. The molecule has 1 atom stereocenters. The van der Waals surface area contributed by atoms with Crippen molar-refractivity contribution in [2.75, 3.05) is 6.61 Å². The van der Waals surface area contributed by atoms with E-state index in [9.17, 15) is 9.59 Å². The molecule has 2 rings (SSSR count). The molecule has 2 heterocycles. The van der Waals surface area contributed by atoms with Crippen LogP contribution >= 0.6 is 0 Å². The van der Waals surface area contributed by atoms with Crippen molar-refractivity contribution in [3.63, 3.8) is 0 Å². The molecular formula is C14H14N2O5. The normalized spacial score (nSPS) is 11.7. The number of aromatic carboxylic acids is 1. The van der Waals surface area contributed by atoms with Crippen LogP contribution in [0.4, 0.5) is 0 Å². The number of ether oxygens (including phenoxy) is 1. The van der Waals surface area contributed by atoms with Gasteiger partial charge in [-0.25, -0.2) is 4.79 Å². The summed E-state index contributed by atoms with van der Waals surface area (Å²) in [4.78, 5) is 26.2. The third-order valence-electron chi connectivity index (χ3n) is 2.68. The molecule has 110 valence electrons. The van der Waals surface area contributed by atoms with Crippen LogP contribution in [0.3, 0.4) is 0 Å². The lowest BCUT2D eigenvalue weighted by Gasteiger charge is -2.12. The lowest BCUT2D eigenvalue weighted by atomic mass is 10.2. The summed E-state index contributed by atoms with van der Waals surface area (Å²) in [7, 11) is 0. The number of carbonyl (C=O) groups is 2. The summed E-state index contributed by atoms with van der Waals surface area (Å²) >= 11 is 0. The van der Waals surface area contributed by atoms with Crippen molar-refractivity contribution in [3.8, 4) is 5.75 Å². The van der Waals surface area contributed by atoms with Crippen LogP contribution in [-0.2, 0) is 4.79 Å². The third-order valence-corrected chi connectivity index (χ3v) is 2.68. The number of carboxylic acids is 1. The van der Waals surface area contributed by atoms with Crippen molar-refractivity contribution in [1.29, 1.82) is 0 Å². The number of nitrogens with one attached hydrogen (secondary N) is 1. The minimum absolute atomic E-state index is 0.00291. The maximum Gasteiger partial charge on any atom is 0.337 e. The molecule has 7 nitrogen and oxygen atoms in total. The molecule has 7 heteroatoms. The number of aromatic nitrogens is 1. The van der Waals surface area contributed by atoms with E-state index >= 15 is 0 Å². The highest BCUT2D eigenvalue weighted by molar-refractivity contribution is 5.87. The van der Waals surface area contributed by atoms with Gasteiger partial charge in [-0.2, -0.15) is 0 Å². The molecule has 0 aliphatic rings. The largest absolute Gasteiger partial charge is 0.482 e. The molecule has 0 saturated heterocycles. The number of hydrogen-bond donors (Lipinski definition) is 2. The number of hydrogen-bond acceptors (Lipinski definition) is 5. The van der Waals surface area contributed by atoms with Gasteiger partial charge in [0.25, 0.3) is 5.91 Å². The number of rotatable bonds is 6. The Bertz CT molecular complexity index is 624. The van der Waals surface area contributed by atoms with E-state index in [1.807, 2.05) is 0 Å². The molecule has 2 N–H and O–H groups in total. The van der Waals surface area contributed by atoms with Gasteiger partial charge < -0.3 is 19.6 Å². The van der Waals surface area contributed by atoms with E-state index in [-0.39, 0.29) is 29.9 Å². The maximum absolute atomic E-state index is 11.7. The molecule has 1 unspecified atom stereocenters. The van der Waals surface area contributed by atoms with Crippen molar-refractivity contribution in [2.45, 2.75) is 13.0 Å². The van der Waals surface area contributed by atoms with E-state index in [1.165, 1.54) is 24.7 Å². The van der Waals surface area contributed by atoms with Crippen LogP contribution < -0.4 is 10.1 Å². The smallest absolute Gasteiger partial charge is 0.337 e. The van der Waals surface area contributed by atoms with Crippen LogP contribution in [0.2, 0.25) is 0 Å². The van der Waals surface area contributed by atoms with Crippen LogP contribution in [-0.4, -0.2) is 28.6 Å². The zero-order valence-corrected chi connectivity index (χ0v) is 11.3. The van der Waals surface area contributed by atoms with Gasteiger partial charge in [0.05, 0.1) is 24.1 Å². The van der Waals surface area contributed by atoms with Gasteiger partial charge in [0.15, 0.2) is 6.61 Å². The predicted molar refractivity (Wildman–Crippen MR) is 72.0 cm³/mol.